The fourth-order valence-corrected chi connectivity index (χ4v) is 2.00. The number of nitrogens with zero attached hydrogens (tertiary/aromatic N) is 2. The molecular weight excluding hydrogens is 260 g/mol. The molecular formula is C14H16N2O4. The molecule has 0 amide bonds. The van der Waals surface area contributed by atoms with Crippen LogP contribution in [0.15, 0.2) is 33.5 Å². The molecule has 0 aliphatic heterocycles. The number of esters is 1. The highest BCUT2D eigenvalue weighted by Crippen LogP contribution is 2.32. The van der Waals surface area contributed by atoms with Gasteiger partial charge in [0.1, 0.15) is 12.0 Å². The van der Waals surface area contributed by atoms with Gasteiger partial charge in [-0.05, 0) is 31.9 Å². The third kappa shape index (κ3) is 2.68. The summed E-state index contributed by atoms with van der Waals surface area (Å²) < 4.78 is 15.7. The first-order valence-electron chi connectivity index (χ1n) is 6.69. The van der Waals surface area contributed by atoms with Crippen molar-refractivity contribution in [3.8, 4) is 0 Å². The lowest BCUT2D eigenvalue weighted by atomic mass is 10.4. The van der Waals surface area contributed by atoms with Crippen molar-refractivity contribution in [3.05, 3.63) is 36.1 Å². The third-order valence-corrected chi connectivity index (χ3v) is 3.12. The smallest absolute Gasteiger partial charge is 0.360 e. The molecule has 0 aromatic carbocycles. The molecule has 2 heterocycles. The lowest BCUT2D eigenvalue weighted by Gasteiger charge is -2.18. The van der Waals surface area contributed by atoms with Gasteiger partial charge in [-0.1, -0.05) is 0 Å². The number of hydrogen-bond acceptors (Lipinski definition) is 6. The van der Waals surface area contributed by atoms with E-state index in [2.05, 4.69) is 4.98 Å². The SMILES string of the molecule is CCOC(=O)c1coc(N(Cc2ccco2)C2CC2)n1. The van der Waals surface area contributed by atoms with Gasteiger partial charge < -0.3 is 18.5 Å². The van der Waals surface area contributed by atoms with E-state index in [-0.39, 0.29) is 5.69 Å². The van der Waals surface area contributed by atoms with Crippen molar-refractivity contribution in [2.24, 2.45) is 0 Å². The van der Waals surface area contributed by atoms with E-state index in [1.807, 2.05) is 17.0 Å². The maximum absolute atomic E-state index is 11.6. The van der Waals surface area contributed by atoms with Crippen LogP contribution in [0.2, 0.25) is 0 Å². The largest absolute Gasteiger partial charge is 0.467 e. The average molecular weight is 276 g/mol. The number of rotatable bonds is 6. The molecule has 20 heavy (non-hydrogen) atoms. The van der Waals surface area contributed by atoms with E-state index in [1.54, 1.807) is 13.2 Å². The highest BCUT2D eigenvalue weighted by Gasteiger charge is 2.33. The van der Waals surface area contributed by atoms with Gasteiger partial charge in [-0.15, -0.1) is 0 Å². The zero-order chi connectivity index (χ0) is 13.9. The van der Waals surface area contributed by atoms with Crippen LogP contribution in [-0.2, 0) is 11.3 Å². The second kappa shape index (κ2) is 5.40. The lowest BCUT2D eigenvalue weighted by Crippen LogP contribution is -2.25. The summed E-state index contributed by atoms with van der Waals surface area (Å²) >= 11 is 0. The van der Waals surface area contributed by atoms with Crippen molar-refractivity contribution < 1.29 is 18.4 Å². The molecule has 0 saturated heterocycles. The Kier molecular flexibility index (Phi) is 3.45. The van der Waals surface area contributed by atoms with E-state index in [4.69, 9.17) is 13.6 Å². The number of anilines is 1. The zero-order valence-corrected chi connectivity index (χ0v) is 11.2. The second-order valence-corrected chi connectivity index (χ2v) is 4.67. The predicted molar refractivity (Wildman–Crippen MR) is 70.4 cm³/mol. The van der Waals surface area contributed by atoms with E-state index in [0.717, 1.165) is 18.6 Å². The first-order valence-corrected chi connectivity index (χ1v) is 6.69. The van der Waals surface area contributed by atoms with Gasteiger partial charge in [0, 0.05) is 6.04 Å². The Labute approximate surface area is 116 Å². The van der Waals surface area contributed by atoms with E-state index in [0.29, 0.717) is 25.2 Å². The number of hydrogen-bond donors (Lipinski definition) is 0. The Hall–Kier alpha value is -2.24. The topological polar surface area (TPSA) is 68.7 Å². The van der Waals surface area contributed by atoms with E-state index < -0.39 is 5.97 Å². The Morgan fingerprint density at radius 2 is 2.35 bits per heavy atom. The van der Waals surface area contributed by atoms with Crippen LogP contribution < -0.4 is 4.90 Å². The van der Waals surface area contributed by atoms with Gasteiger partial charge in [0.25, 0.3) is 6.01 Å². The molecule has 1 fully saturated rings. The molecule has 6 nitrogen and oxygen atoms in total. The van der Waals surface area contributed by atoms with Crippen molar-refractivity contribution in [3.63, 3.8) is 0 Å². The summed E-state index contributed by atoms with van der Waals surface area (Å²) in [4.78, 5) is 17.8. The fraction of sp³-hybridized carbons (Fsp3) is 0.429. The quantitative estimate of drug-likeness (QED) is 0.755. The van der Waals surface area contributed by atoms with Gasteiger partial charge in [-0.3, -0.25) is 0 Å². The summed E-state index contributed by atoms with van der Waals surface area (Å²) in [5.41, 5.74) is 0.201. The molecule has 2 aromatic heterocycles. The molecule has 0 spiro atoms. The summed E-state index contributed by atoms with van der Waals surface area (Å²) in [7, 11) is 0. The van der Waals surface area contributed by atoms with Gasteiger partial charge >= 0.3 is 5.97 Å². The van der Waals surface area contributed by atoms with Gasteiger partial charge in [0.05, 0.1) is 19.4 Å². The van der Waals surface area contributed by atoms with Crippen LogP contribution >= 0.6 is 0 Å². The molecule has 3 rings (SSSR count). The number of carbonyl (C=O) groups is 1. The Morgan fingerprint density at radius 3 is 3.00 bits per heavy atom. The maximum atomic E-state index is 11.6. The van der Waals surface area contributed by atoms with Crippen molar-refractivity contribution >= 4 is 12.0 Å². The summed E-state index contributed by atoms with van der Waals surface area (Å²) in [5, 5.41) is 0. The van der Waals surface area contributed by atoms with Crippen LogP contribution in [0.25, 0.3) is 0 Å². The van der Waals surface area contributed by atoms with E-state index >= 15 is 0 Å². The van der Waals surface area contributed by atoms with E-state index in [1.165, 1.54) is 6.26 Å². The van der Waals surface area contributed by atoms with Crippen LogP contribution in [0.5, 0.6) is 0 Å². The number of oxazole rings is 1. The number of ether oxygens (including phenoxy) is 1. The zero-order valence-electron chi connectivity index (χ0n) is 11.2. The molecule has 1 aliphatic carbocycles. The fourth-order valence-electron chi connectivity index (χ4n) is 2.00. The Morgan fingerprint density at radius 1 is 1.50 bits per heavy atom. The molecule has 0 unspecified atom stereocenters. The first-order chi connectivity index (χ1) is 9.78. The highest BCUT2D eigenvalue weighted by molar-refractivity contribution is 5.87. The number of aromatic nitrogens is 1. The Bertz CT molecular complexity index is 572. The molecule has 1 aliphatic rings. The number of carbonyl (C=O) groups excluding carboxylic acids is 1. The van der Waals surface area contributed by atoms with Gasteiger partial charge in [0.2, 0.25) is 0 Å². The summed E-state index contributed by atoms with van der Waals surface area (Å²) in [6.07, 6.45) is 5.17. The third-order valence-electron chi connectivity index (χ3n) is 3.12. The van der Waals surface area contributed by atoms with E-state index in [9.17, 15) is 4.79 Å². The monoisotopic (exact) mass is 276 g/mol. The van der Waals surface area contributed by atoms with Gasteiger partial charge in [0.15, 0.2) is 5.69 Å². The van der Waals surface area contributed by atoms with Gasteiger partial charge in [-0.2, -0.15) is 4.98 Å². The predicted octanol–water partition coefficient (Wildman–Crippen LogP) is 2.61. The molecule has 0 bridgehead atoms. The summed E-state index contributed by atoms with van der Waals surface area (Å²) in [5.74, 6) is 0.379. The van der Waals surface area contributed by atoms with Crippen molar-refractivity contribution in [2.45, 2.75) is 32.4 Å². The van der Waals surface area contributed by atoms with Crippen LogP contribution in [0.1, 0.15) is 36.0 Å². The molecule has 106 valence electrons. The minimum Gasteiger partial charge on any atom is -0.467 e. The number of furan rings is 1. The summed E-state index contributed by atoms with van der Waals surface area (Å²) in [6.45, 7) is 2.66. The van der Waals surface area contributed by atoms with Crippen molar-refractivity contribution in [1.82, 2.24) is 4.98 Å². The first kappa shape index (κ1) is 12.8. The molecule has 0 N–H and O–H groups in total. The van der Waals surface area contributed by atoms with Crippen molar-refractivity contribution in [1.29, 1.82) is 0 Å². The Balaban J connectivity index is 1.76. The average Bonchev–Trinajstić information content (AvgIpc) is 2.95. The second-order valence-electron chi connectivity index (χ2n) is 4.67. The normalized spacial score (nSPS) is 14.2. The molecule has 0 atom stereocenters. The summed E-state index contributed by atoms with van der Waals surface area (Å²) in [6, 6.07) is 4.59. The highest BCUT2D eigenvalue weighted by atomic mass is 16.5. The molecule has 6 heteroatoms. The van der Waals surface area contributed by atoms with Crippen LogP contribution in [-0.4, -0.2) is 23.6 Å². The minimum absolute atomic E-state index is 0.201. The van der Waals surface area contributed by atoms with Gasteiger partial charge in [-0.25, -0.2) is 4.79 Å². The lowest BCUT2D eigenvalue weighted by molar-refractivity contribution is 0.0519. The molecule has 2 aromatic rings. The standard InChI is InChI=1S/C14H16N2O4/c1-2-18-13(17)12-9-20-14(15-12)16(10-5-6-10)8-11-4-3-7-19-11/h3-4,7,9-10H,2,5-6,8H2,1H3. The van der Waals surface area contributed by atoms with Crippen LogP contribution in [0.3, 0.4) is 0 Å². The van der Waals surface area contributed by atoms with Crippen molar-refractivity contribution in [2.75, 3.05) is 11.5 Å². The molecule has 0 radical (unpaired) electrons. The maximum Gasteiger partial charge on any atom is 0.360 e. The van der Waals surface area contributed by atoms with Crippen LogP contribution in [0, 0.1) is 0 Å². The van der Waals surface area contributed by atoms with Crippen LogP contribution in [0.4, 0.5) is 6.01 Å². The minimum atomic E-state index is -0.462. The molecule has 1 saturated carbocycles.